The monoisotopic (exact) mass is 362 g/mol. The highest BCUT2D eigenvalue weighted by Crippen LogP contribution is 2.26. The van der Waals surface area contributed by atoms with Crippen LogP contribution in [0.25, 0.3) is 11.0 Å². The van der Waals surface area contributed by atoms with E-state index in [1.165, 1.54) is 6.07 Å². The van der Waals surface area contributed by atoms with E-state index in [-0.39, 0.29) is 12.4 Å². The zero-order valence-electron chi connectivity index (χ0n) is 11.7. The Labute approximate surface area is 134 Å². The molecule has 3 aromatic rings. The molecule has 1 aromatic heterocycles. The first-order valence-electron chi connectivity index (χ1n) is 6.65. The van der Waals surface area contributed by atoms with Gasteiger partial charge in [-0.3, -0.25) is 0 Å². The van der Waals surface area contributed by atoms with E-state index >= 15 is 0 Å². The molecule has 3 nitrogen and oxygen atoms in total. The molecule has 112 valence electrons. The largest absolute Gasteiger partial charge is 0.455 e. The second-order valence-corrected chi connectivity index (χ2v) is 5.78. The number of hydrogen-bond acceptors (Lipinski definition) is 3. The van der Waals surface area contributed by atoms with E-state index in [1.54, 1.807) is 25.1 Å². The number of esters is 1. The van der Waals surface area contributed by atoms with Crippen LogP contribution >= 0.6 is 15.9 Å². The quantitative estimate of drug-likeness (QED) is 0.615. The third-order valence-electron chi connectivity index (χ3n) is 3.40. The topological polar surface area (TPSA) is 39.4 Å². The number of halogens is 2. The molecule has 0 spiro atoms. The minimum absolute atomic E-state index is 0.144. The van der Waals surface area contributed by atoms with Crippen molar-refractivity contribution < 1.29 is 18.3 Å². The molecule has 0 amide bonds. The van der Waals surface area contributed by atoms with Crippen LogP contribution in [0.2, 0.25) is 0 Å². The van der Waals surface area contributed by atoms with Crippen LogP contribution in [0.15, 0.2) is 51.4 Å². The van der Waals surface area contributed by atoms with Crippen LogP contribution in [0.3, 0.4) is 0 Å². The molecule has 0 saturated carbocycles. The number of carbonyl (C=O) groups is 1. The third-order valence-corrected chi connectivity index (χ3v) is 3.90. The molecule has 1 heterocycles. The van der Waals surface area contributed by atoms with Crippen LogP contribution in [-0.4, -0.2) is 5.97 Å². The van der Waals surface area contributed by atoms with Crippen molar-refractivity contribution in [3.63, 3.8) is 0 Å². The molecule has 0 saturated heterocycles. The lowest BCUT2D eigenvalue weighted by Gasteiger charge is -2.05. The molecule has 5 heteroatoms. The van der Waals surface area contributed by atoms with Gasteiger partial charge in [0.2, 0.25) is 5.76 Å². The maximum Gasteiger partial charge on any atom is 0.374 e. The summed E-state index contributed by atoms with van der Waals surface area (Å²) >= 11 is 3.18. The van der Waals surface area contributed by atoms with Crippen molar-refractivity contribution in [2.75, 3.05) is 0 Å². The Morgan fingerprint density at radius 3 is 2.77 bits per heavy atom. The Bertz CT molecular complexity index is 854. The molecule has 0 N–H and O–H groups in total. The van der Waals surface area contributed by atoms with Gasteiger partial charge in [-0.1, -0.05) is 40.2 Å². The molecule has 3 rings (SSSR count). The summed E-state index contributed by atoms with van der Waals surface area (Å²) in [4.78, 5) is 12.1. The van der Waals surface area contributed by atoms with Crippen molar-refractivity contribution in [1.82, 2.24) is 0 Å². The van der Waals surface area contributed by atoms with Crippen molar-refractivity contribution in [3.8, 4) is 0 Å². The highest BCUT2D eigenvalue weighted by molar-refractivity contribution is 9.10. The highest BCUT2D eigenvalue weighted by Gasteiger charge is 2.19. The number of rotatable bonds is 3. The lowest BCUT2D eigenvalue weighted by molar-refractivity contribution is 0.0434. The van der Waals surface area contributed by atoms with Gasteiger partial charge in [0.1, 0.15) is 18.0 Å². The number of ether oxygens (including phenoxy) is 1. The van der Waals surface area contributed by atoms with Gasteiger partial charge in [-0.05, 0) is 25.1 Å². The fraction of sp³-hybridized carbons (Fsp3) is 0.118. The van der Waals surface area contributed by atoms with Gasteiger partial charge in [0, 0.05) is 21.0 Å². The molecule has 0 aliphatic heterocycles. The fourth-order valence-electron chi connectivity index (χ4n) is 2.22. The summed E-state index contributed by atoms with van der Waals surface area (Å²) in [6, 6.07) is 12.0. The second kappa shape index (κ2) is 5.93. The van der Waals surface area contributed by atoms with Crippen LogP contribution in [0.4, 0.5) is 4.39 Å². The molecular weight excluding hydrogens is 351 g/mol. The molecule has 0 bridgehead atoms. The number of hydrogen-bond donors (Lipinski definition) is 0. The van der Waals surface area contributed by atoms with E-state index in [2.05, 4.69) is 15.9 Å². The Balaban J connectivity index is 1.80. The van der Waals surface area contributed by atoms with Gasteiger partial charge < -0.3 is 9.15 Å². The highest BCUT2D eigenvalue weighted by atomic mass is 79.9. The van der Waals surface area contributed by atoms with Crippen molar-refractivity contribution in [2.24, 2.45) is 0 Å². The second-order valence-electron chi connectivity index (χ2n) is 4.86. The summed E-state index contributed by atoms with van der Waals surface area (Å²) in [5, 5.41) is 0.865. The molecule has 0 fully saturated rings. The maximum absolute atomic E-state index is 13.7. The number of aryl methyl sites for hydroxylation is 1. The number of para-hydroxylation sites is 1. The van der Waals surface area contributed by atoms with E-state index in [9.17, 15) is 9.18 Å². The molecular formula is C17H12BrFO3. The van der Waals surface area contributed by atoms with Crippen molar-refractivity contribution >= 4 is 32.9 Å². The molecule has 0 aliphatic rings. The lowest BCUT2D eigenvalue weighted by atomic mass is 10.1. The first kappa shape index (κ1) is 14.8. The average Bonchev–Trinajstić information content (AvgIpc) is 2.84. The summed E-state index contributed by atoms with van der Waals surface area (Å²) in [5.74, 6) is -0.877. The minimum Gasteiger partial charge on any atom is -0.455 e. The van der Waals surface area contributed by atoms with Gasteiger partial charge in [-0.2, -0.15) is 0 Å². The number of benzene rings is 2. The van der Waals surface area contributed by atoms with Crippen LogP contribution < -0.4 is 0 Å². The van der Waals surface area contributed by atoms with Crippen LogP contribution in [0.5, 0.6) is 0 Å². The van der Waals surface area contributed by atoms with Gasteiger partial charge in [0.15, 0.2) is 0 Å². The summed E-state index contributed by atoms with van der Waals surface area (Å²) in [7, 11) is 0. The third kappa shape index (κ3) is 2.76. The Hall–Kier alpha value is -2.14. The molecule has 0 atom stereocenters. The van der Waals surface area contributed by atoms with Crippen molar-refractivity contribution in [3.05, 3.63) is 69.6 Å². The van der Waals surface area contributed by atoms with Crippen molar-refractivity contribution in [1.29, 1.82) is 0 Å². The predicted molar refractivity (Wildman–Crippen MR) is 84.2 cm³/mol. The van der Waals surface area contributed by atoms with E-state index < -0.39 is 11.8 Å². The van der Waals surface area contributed by atoms with E-state index in [0.29, 0.717) is 15.6 Å². The molecule has 0 radical (unpaired) electrons. The Morgan fingerprint density at radius 1 is 1.27 bits per heavy atom. The molecule has 2 aromatic carbocycles. The van der Waals surface area contributed by atoms with Crippen LogP contribution in [0.1, 0.15) is 21.7 Å². The zero-order valence-corrected chi connectivity index (χ0v) is 13.3. The number of fused-ring (bicyclic) bond motifs is 1. The first-order valence-corrected chi connectivity index (χ1v) is 7.45. The Morgan fingerprint density at radius 2 is 2.05 bits per heavy atom. The zero-order chi connectivity index (χ0) is 15.7. The molecule has 0 unspecified atom stereocenters. The van der Waals surface area contributed by atoms with E-state index in [4.69, 9.17) is 9.15 Å². The van der Waals surface area contributed by atoms with Gasteiger partial charge >= 0.3 is 5.97 Å². The Kier molecular flexibility index (Phi) is 3.98. The first-order chi connectivity index (χ1) is 10.6. The fourth-order valence-corrected chi connectivity index (χ4v) is 2.55. The van der Waals surface area contributed by atoms with Gasteiger partial charge in [-0.25, -0.2) is 9.18 Å². The number of carbonyl (C=O) groups excluding carboxylic acids is 1. The van der Waals surface area contributed by atoms with E-state index in [0.717, 1.165) is 10.9 Å². The van der Waals surface area contributed by atoms with Crippen LogP contribution in [-0.2, 0) is 11.3 Å². The smallest absolute Gasteiger partial charge is 0.374 e. The maximum atomic E-state index is 13.7. The summed E-state index contributed by atoms with van der Waals surface area (Å²) in [6.07, 6.45) is 0. The average molecular weight is 363 g/mol. The lowest BCUT2D eigenvalue weighted by Crippen LogP contribution is -2.06. The van der Waals surface area contributed by atoms with Crippen LogP contribution in [0, 0.1) is 12.7 Å². The number of furan rings is 1. The van der Waals surface area contributed by atoms with Gasteiger partial charge in [-0.15, -0.1) is 0 Å². The predicted octanol–water partition coefficient (Wildman–Crippen LogP) is 5.00. The SMILES string of the molecule is Cc1c(C(=O)OCc2ccc(Br)cc2F)oc2ccccc12. The molecule has 22 heavy (non-hydrogen) atoms. The van der Waals surface area contributed by atoms with Gasteiger partial charge in [0.05, 0.1) is 0 Å². The van der Waals surface area contributed by atoms with Gasteiger partial charge in [0.25, 0.3) is 0 Å². The molecule has 0 aliphatic carbocycles. The minimum atomic E-state index is -0.601. The summed E-state index contributed by atoms with van der Waals surface area (Å²) in [5.41, 5.74) is 1.66. The van der Waals surface area contributed by atoms with Crippen molar-refractivity contribution in [2.45, 2.75) is 13.5 Å². The summed E-state index contributed by atoms with van der Waals surface area (Å²) in [6.45, 7) is 1.65. The van der Waals surface area contributed by atoms with E-state index in [1.807, 2.05) is 18.2 Å². The normalized spacial score (nSPS) is 10.9. The summed E-state index contributed by atoms with van der Waals surface area (Å²) < 4.78 is 25.0. The standard InChI is InChI=1S/C17H12BrFO3/c1-10-13-4-2-3-5-15(13)22-16(10)17(20)21-9-11-6-7-12(18)8-14(11)19/h2-8H,9H2,1H3.